The summed E-state index contributed by atoms with van der Waals surface area (Å²) >= 11 is 0. The van der Waals surface area contributed by atoms with Gasteiger partial charge in [0, 0.05) is 63.5 Å². The van der Waals surface area contributed by atoms with Gasteiger partial charge in [-0.05, 0) is 30.2 Å². The first-order valence-corrected chi connectivity index (χ1v) is 12.3. The lowest BCUT2D eigenvalue weighted by Crippen LogP contribution is -2.51. The first-order valence-electron chi connectivity index (χ1n) is 12.3. The Kier molecular flexibility index (Phi) is 6.89. The lowest BCUT2D eigenvalue weighted by Gasteiger charge is -2.37. The number of likely N-dealkylation sites (tertiary alicyclic amines) is 1. The van der Waals surface area contributed by atoms with E-state index in [1.165, 1.54) is 6.07 Å². The number of nitrogens with one attached hydrogen (secondary N) is 1. The van der Waals surface area contributed by atoms with Crippen molar-refractivity contribution in [1.82, 2.24) is 15.1 Å². The van der Waals surface area contributed by atoms with E-state index in [1.807, 2.05) is 29.2 Å². The van der Waals surface area contributed by atoms with Gasteiger partial charge >= 0.3 is 0 Å². The van der Waals surface area contributed by atoms with E-state index >= 15 is 0 Å². The van der Waals surface area contributed by atoms with Crippen LogP contribution in [0.3, 0.4) is 0 Å². The molecule has 1 N–H and O–H groups in total. The maximum absolute atomic E-state index is 13.5. The number of para-hydroxylation sites is 1. The summed E-state index contributed by atoms with van der Waals surface area (Å²) < 4.78 is 18.9. The molecule has 0 aliphatic carbocycles. The van der Waals surface area contributed by atoms with Gasteiger partial charge in [0.15, 0.2) is 11.2 Å². The average Bonchev–Trinajstić information content (AvgIpc) is 3.31. The Morgan fingerprint density at radius 2 is 1.76 bits per heavy atom. The Morgan fingerprint density at radius 1 is 0.973 bits per heavy atom. The van der Waals surface area contributed by atoms with E-state index in [4.69, 9.17) is 4.42 Å². The average molecular weight is 507 g/mol. The number of nitrogens with zero attached hydrogens (tertiary/aromatic N) is 3. The first-order chi connectivity index (χ1) is 17.9. The van der Waals surface area contributed by atoms with Crippen molar-refractivity contribution in [3.05, 3.63) is 75.9 Å². The van der Waals surface area contributed by atoms with E-state index in [0.717, 1.165) is 42.4 Å². The molecule has 3 amide bonds. The normalized spacial score (nSPS) is 15.9. The topological polar surface area (TPSA) is 103 Å². The Balaban J connectivity index is 1.17. The minimum absolute atomic E-state index is 0.0329. The summed E-state index contributed by atoms with van der Waals surface area (Å²) in [4.78, 5) is 55.3. The predicted octanol–water partition coefficient (Wildman–Crippen LogP) is 2.13. The van der Waals surface area contributed by atoms with Gasteiger partial charge in [0.2, 0.25) is 11.8 Å². The fraction of sp³-hybridized carbons (Fsp3) is 0.333. The molecule has 2 aliphatic heterocycles. The van der Waals surface area contributed by atoms with Crippen LogP contribution >= 0.6 is 0 Å². The summed E-state index contributed by atoms with van der Waals surface area (Å²) in [5, 5.41) is 2.66. The molecule has 0 atom stereocenters. The van der Waals surface area contributed by atoms with Crippen LogP contribution in [0.4, 0.5) is 10.1 Å². The van der Waals surface area contributed by atoms with Crippen LogP contribution in [0.2, 0.25) is 0 Å². The van der Waals surface area contributed by atoms with Gasteiger partial charge in [-0.3, -0.25) is 19.2 Å². The number of carbonyl (C=O) groups is 3. The highest BCUT2D eigenvalue weighted by atomic mass is 19.1. The molecule has 0 unspecified atom stereocenters. The zero-order chi connectivity index (χ0) is 25.9. The van der Waals surface area contributed by atoms with Gasteiger partial charge in [0.25, 0.3) is 5.91 Å². The van der Waals surface area contributed by atoms with E-state index in [-0.39, 0.29) is 35.1 Å². The zero-order valence-electron chi connectivity index (χ0n) is 20.2. The van der Waals surface area contributed by atoms with Crippen molar-refractivity contribution in [3.63, 3.8) is 0 Å². The molecule has 10 heteroatoms. The molecule has 37 heavy (non-hydrogen) atoms. The highest BCUT2D eigenvalue weighted by Crippen LogP contribution is 2.25. The van der Waals surface area contributed by atoms with Crippen molar-refractivity contribution in [3.8, 4) is 0 Å². The van der Waals surface area contributed by atoms with Crippen LogP contribution in [0.1, 0.15) is 29.0 Å². The molecule has 0 saturated carbocycles. The predicted molar refractivity (Wildman–Crippen MR) is 135 cm³/mol. The van der Waals surface area contributed by atoms with Crippen LogP contribution in [-0.2, 0) is 16.1 Å². The number of rotatable bonds is 6. The first kappa shape index (κ1) is 24.5. The van der Waals surface area contributed by atoms with Crippen LogP contribution in [0.5, 0.6) is 0 Å². The molecule has 0 spiro atoms. The molecule has 2 aromatic carbocycles. The third kappa shape index (κ3) is 5.32. The molecular formula is C27H27FN4O5. The molecule has 3 heterocycles. The standard InChI is InChI=1S/C27H27FN4O5/c28-19-7-8-20-22(33)15-24(37-23(20)14-19)27(36)29-16-26(35)31-12-10-30(11-13-31)21-5-2-1-4-18(21)17-32-9-3-6-25(32)34/h1-2,4-5,7-8,14-15H,3,6,9-13,16-17H2,(H,29,36). The van der Waals surface area contributed by atoms with Crippen molar-refractivity contribution < 1.29 is 23.2 Å². The summed E-state index contributed by atoms with van der Waals surface area (Å²) in [5.74, 6) is -1.66. The van der Waals surface area contributed by atoms with Crippen LogP contribution in [0.15, 0.2) is 57.7 Å². The molecule has 0 bridgehead atoms. The summed E-state index contributed by atoms with van der Waals surface area (Å²) in [5.41, 5.74) is 1.64. The third-order valence-electron chi connectivity index (χ3n) is 6.81. The number of piperazine rings is 1. The number of hydrogen-bond donors (Lipinski definition) is 1. The lowest BCUT2D eigenvalue weighted by molar-refractivity contribution is -0.130. The summed E-state index contributed by atoms with van der Waals surface area (Å²) in [7, 11) is 0. The second-order valence-corrected chi connectivity index (χ2v) is 9.21. The van der Waals surface area contributed by atoms with E-state index in [0.29, 0.717) is 39.1 Å². The molecule has 2 saturated heterocycles. The van der Waals surface area contributed by atoms with E-state index < -0.39 is 17.2 Å². The lowest BCUT2D eigenvalue weighted by atomic mass is 10.1. The van der Waals surface area contributed by atoms with Gasteiger partial charge in [0.05, 0.1) is 11.9 Å². The van der Waals surface area contributed by atoms with Gasteiger partial charge < -0.3 is 24.4 Å². The maximum Gasteiger partial charge on any atom is 0.287 e. The second kappa shape index (κ2) is 10.4. The Morgan fingerprint density at radius 3 is 2.51 bits per heavy atom. The smallest absolute Gasteiger partial charge is 0.287 e. The Bertz CT molecular complexity index is 1410. The van der Waals surface area contributed by atoms with E-state index in [9.17, 15) is 23.6 Å². The molecule has 0 radical (unpaired) electrons. The van der Waals surface area contributed by atoms with Crippen molar-refractivity contribution in [2.45, 2.75) is 19.4 Å². The summed E-state index contributed by atoms with van der Waals surface area (Å²) in [6, 6.07) is 12.5. The summed E-state index contributed by atoms with van der Waals surface area (Å²) in [6.07, 6.45) is 1.49. The Labute approximate surface area is 212 Å². The minimum atomic E-state index is -0.722. The van der Waals surface area contributed by atoms with Crippen molar-refractivity contribution in [1.29, 1.82) is 0 Å². The quantitative estimate of drug-likeness (QED) is 0.550. The minimum Gasteiger partial charge on any atom is -0.451 e. The van der Waals surface area contributed by atoms with Crippen LogP contribution < -0.4 is 15.6 Å². The highest BCUT2D eigenvalue weighted by molar-refractivity contribution is 5.95. The molecule has 2 fully saturated rings. The van der Waals surface area contributed by atoms with Gasteiger partial charge in [-0.2, -0.15) is 0 Å². The number of carbonyl (C=O) groups excluding carboxylic acids is 3. The number of amides is 3. The van der Waals surface area contributed by atoms with Crippen molar-refractivity contribution in [2.75, 3.05) is 44.2 Å². The molecule has 1 aromatic heterocycles. The number of halogens is 1. The maximum atomic E-state index is 13.5. The van der Waals surface area contributed by atoms with Crippen molar-refractivity contribution in [2.24, 2.45) is 0 Å². The van der Waals surface area contributed by atoms with Crippen LogP contribution in [0, 0.1) is 5.82 Å². The second-order valence-electron chi connectivity index (χ2n) is 9.21. The molecule has 5 rings (SSSR count). The fourth-order valence-corrected chi connectivity index (χ4v) is 4.82. The zero-order valence-corrected chi connectivity index (χ0v) is 20.2. The molecule has 9 nitrogen and oxygen atoms in total. The van der Waals surface area contributed by atoms with Crippen LogP contribution in [-0.4, -0.2) is 66.8 Å². The Hall–Kier alpha value is -4.21. The molecule has 192 valence electrons. The highest BCUT2D eigenvalue weighted by Gasteiger charge is 2.25. The van der Waals surface area contributed by atoms with E-state index in [2.05, 4.69) is 10.2 Å². The number of fused-ring (bicyclic) bond motifs is 1. The fourth-order valence-electron chi connectivity index (χ4n) is 4.82. The van der Waals surface area contributed by atoms with Gasteiger partial charge in [0.1, 0.15) is 11.4 Å². The van der Waals surface area contributed by atoms with Gasteiger partial charge in [-0.25, -0.2) is 4.39 Å². The largest absolute Gasteiger partial charge is 0.451 e. The van der Waals surface area contributed by atoms with Gasteiger partial charge in [-0.15, -0.1) is 0 Å². The van der Waals surface area contributed by atoms with E-state index in [1.54, 1.807) is 4.90 Å². The monoisotopic (exact) mass is 506 g/mol. The van der Waals surface area contributed by atoms with Crippen LogP contribution in [0.25, 0.3) is 11.0 Å². The molecule has 3 aromatic rings. The number of anilines is 1. The van der Waals surface area contributed by atoms with Crippen molar-refractivity contribution >= 4 is 34.4 Å². The number of hydrogen-bond acceptors (Lipinski definition) is 6. The summed E-state index contributed by atoms with van der Waals surface area (Å²) in [6.45, 7) is 3.31. The molecule has 2 aliphatic rings. The third-order valence-corrected chi connectivity index (χ3v) is 6.81. The molecular weight excluding hydrogens is 479 g/mol. The van der Waals surface area contributed by atoms with Gasteiger partial charge in [-0.1, -0.05) is 18.2 Å². The number of benzene rings is 2. The SMILES string of the molecule is O=C(NCC(=O)N1CCN(c2ccccc2CN2CCCC2=O)CC1)c1cc(=O)c2ccc(F)cc2o1.